The zero-order valence-electron chi connectivity index (χ0n) is 5.93. The second-order valence-corrected chi connectivity index (χ2v) is 4.49. The molecule has 1 rings (SSSR count). The summed E-state index contributed by atoms with van der Waals surface area (Å²) in [7, 11) is -4.05. The van der Waals surface area contributed by atoms with Gasteiger partial charge in [0.15, 0.2) is 0 Å². The average Bonchev–Trinajstić information content (AvgIpc) is 2.44. The fourth-order valence-electron chi connectivity index (χ4n) is 0.648. The topological polar surface area (TPSA) is 63.2 Å². The van der Waals surface area contributed by atoms with Crippen LogP contribution in [0.2, 0.25) is 0 Å². The lowest BCUT2D eigenvalue weighted by Gasteiger charge is -2.06. The molecule has 0 atom stereocenters. The predicted molar refractivity (Wildman–Crippen MR) is 35.8 cm³/mol. The van der Waals surface area contributed by atoms with E-state index in [1.54, 1.807) is 4.72 Å². The number of sulfonamides is 1. The molecule has 11 heavy (non-hydrogen) atoms. The maximum Gasteiger partial charge on any atom is 0.270 e. The molecule has 1 amide bonds. The zero-order chi connectivity index (χ0) is 8.70. The number of hydrogen-bond acceptors (Lipinski definition) is 3. The highest BCUT2D eigenvalue weighted by atomic mass is 32.2. The van der Waals surface area contributed by atoms with Gasteiger partial charge in [0.1, 0.15) is 0 Å². The Morgan fingerprint density at radius 2 is 2.00 bits per heavy atom. The van der Waals surface area contributed by atoms with Crippen LogP contribution in [0.5, 0.6) is 0 Å². The molecular formula is C5H8FNO3S. The highest BCUT2D eigenvalue weighted by molar-refractivity contribution is 7.91. The number of amides is 1. The Labute approximate surface area is 63.8 Å². The number of nitrogens with one attached hydrogen (secondary N) is 1. The van der Waals surface area contributed by atoms with E-state index >= 15 is 0 Å². The first kappa shape index (κ1) is 8.45. The number of alkyl halides is 1. The van der Waals surface area contributed by atoms with Gasteiger partial charge in [-0.25, -0.2) is 12.8 Å². The molecule has 0 aromatic heterocycles. The molecule has 1 saturated carbocycles. The average molecular weight is 181 g/mol. The van der Waals surface area contributed by atoms with Crippen molar-refractivity contribution in [3.8, 4) is 0 Å². The van der Waals surface area contributed by atoms with E-state index in [2.05, 4.69) is 0 Å². The Bertz CT molecular complexity index is 280. The van der Waals surface area contributed by atoms with Gasteiger partial charge < -0.3 is 0 Å². The summed E-state index contributed by atoms with van der Waals surface area (Å²) in [5, 5.41) is -2.18. The number of rotatable bonds is 2. The van der Waals surface area contributed by atoms with E-state index in [9.17, 15) is 17.6 Å². The van der Waals surface area contributed by atoms with Crippen molar-refractivity contribution in [1.29, 1.82) is 0 Å². The molecule has 0 heterocycles. The molecule has 0 aromatic rings. The summed E-state index contributed by atoms with van der Waals surface area (Å²) in [5.74, 6) is -0.756. The third-order valence-corrected chi connectivity index (χ3v) is 3.33. The Morgan fingerprint density at radius 3 is 2.27 bits per heavy atom. The molecule has 0 aliphatic heterocycles. The van der Waals surface area contributed by atoms with Crippen molar-refractivity contribution in [2.45, 2.75) is 24.8 Å². The minimum absolute atomic E-state index is 0.0182. The molecule has 0 aromatic carbocycles. The Kier molecular flexibility index (Phi) is 1.66. The van der Waals surface area contributed by atoms with Crippen LogP contribution in [0, 0.1) is 0 Å². The number of carbonyl (C=O) groups excluding carboxylic acids is 1. The van der Waals surface area contributed by atoms with Crippen LogP contribution in [0.25, 0.3) is 0 Å². The van der Waals surface area contributed by atoms with Gasteiger partial charge in [0.2, 0.25) is 10.9 Å². The first-order chi connectivity index (χ1) is 4.87. The molecule has 0 spiro atoms. The van der Waals surface area contributed by atoms with Gasteiger partial charge in [0.25, 0.3) is 10.0 Å². The van der Waals surface area contributed by atoms with Crippen molar-refractivity contribution in [1.82, 2.24) is 4.72 Å². The summed E-state index contributed by atoms with van der Waals surface area (Å²) in [6.07, 6.45) is -0.0365. The van der Waals surface area contributed by atoms with E-state index in [1.807, 2.05) is 0 Å². The number of halogens is 1. The summed E-state index contributed by atoms with van der Waals surface area (Å²) in [6, 6.07) is 0. The SMILES string of the molecule is CC(=O)NS(=O)(=O)C1(F)CC1. The first-order valence-corrected chi connectivity index (χ1v) is 4.57. The zero-order valence-corrected chi connectivity index (χ0v) is 6.74. The van der Waals surface area contributed by atoms with Gasteiger partial charge in [-0.15, -0.1) is 0 Å². The van der Waals surface area contributed by atoms with Crippen LogP contribution in [-0.4, -0.2) is 19.3 Å². The second-order valence-electron chi connectivity index (χ2n) is 2.54. The number of hydrogen-bond donors (Lipinski definition) is 1. The molecule has 1 aliphatic rings. The highest BCUT2D eigenvalue weighted by Crippen LogP contribution is 2.44. The highest BCUT2D eigenvalue weighted by Gasteiger charge is 2.56. The van der Waals surface area contributed by atoms with Crippen molar-refractivity contribution in [2.24, 2.45) is 0 Å². The third-order valence-electron chi connectivity index (χ3n) is 1.40. The van der Waals surface area contributed by atoms with Crippen molar-refractivity contribution < 1.29 is 17.6 Å². The number of carbonyl (C=O) groups is 1. The molecule has 64 valence electrons. The molecule has 6 heteroatoms. The fourth-order valence-corrected chi connectivity index (χ4v) is 1.85. The van der Waals surface area contributed by atoms with Gasteiger partial charge in [-0.05, 0) is 0 Å². The summed E-state index contributed by atoms with van der Waals surface area (Å²) in [4.78, 5) is 10.3. The molecule has 0 saturated heterocycles. The molecule has 1 fully saturated rings. The van der Waals surface area contributed by atoms with E-state index in [0.717, 1.165) is 6.92 Å². The largest absolute Gasteiger partial charge is 0.274 e. The Hall–Kier alpha value is -0.650. The van der Waals surface area contributed by atoms with Crippen LogP contribution in [0.4, 0.5) is 4.39 Å². The predicted octanol–water partition coefficient (Wildman–Crippen LogP) is -0.0881. The first-order valence-electron chi connectivity index (χ1n) is 3.09. The minimum atomic E-state index is -4.05. The quantitative estimate of drug-likeness (QED) is 0.647. The molecule has 1 N–H and O–H groups in total. The third kappa shape index (κ3) is 1.50. The van der Waals surface area contributed by atoms with Crippen molar-refractivity contribution in [2.75, 3.05) is 0 Å². The second kappa shape index (κ2) is 2.17. The lowest BCUT2D eigenvalue weighted by atomic mass is 10.8. The minimum Gasteiger partial charge on any atom is -0.274 e. The monoisotopic (exact) mass is 181 g/mol. The summed E-state index contributed by atoms with van der Waals surface area (Å²) < 4.78 is 36.1. The molecular weight excluding hydrogens is 173 g/mol. The smallest absolute Gasteiger partial charge is 0.270 e. The van der Waals surface area contributed by atoms with Crippen LogP contribution < -0.4 is 4.72 Å². The van der Waals surface area contributed by atoms with Crippen LogP contribution >= 0.6 is 0 Å². The molecule has 0 unspecified atom stereocenters. The summed E-state index contributed by atoms with van der Waals surface area (Å²) in [5.41, 5.74) is 0. The molecule has 0 radical (unpaired) electrons. The normalized spacial score (nSPS) is 20.9. The van der Waals surface area contributed by atoms with Crippen LogP contribution in [0.1, 0.15) is 19.8 Å². The van der Waals surface area contributed by atoms with Crippen LogP contribution in [0.15, 0.2) is 0 Å². The van der Waals surface area contributed by atoms with Crippen LogP contribution in [0.3, 0.4) is 0 Å². The van der Waals surface area contributed by atoms with Crippen molar-refractivity contribution in [3.05, 3.63) is 0 Å². The van der Waals surface area contributed by atoms with E-state index in [0.29, 0.717) is 0 Å². The van der Waals surface area contributed by atoms with Gasteiger partial charge in [-0.3, -0.25) is 9.52 Å². The summed E-state index contributed by atoms with van der Waals surface area (Å²) in [6.45, 7) is 1.03. The van der Waals surface area contributed by atoms with Gasteiger partial charge in [-0.1, -0.05) is 0 Å². The standard InChI is InChI=1S/C5H8FNO3S/c1-4(8)7-11(9,10)5(6)2-3-5/h2-3H2,1H3,(H,7,8). The maximum absolute atomic E-state index is 12.8. The van der Waals surface area contributed by atoms with E-state index in [4.69, 9.17) is 0 Å². The lowest BCUT2D eigenvalue weighted by molar-refractivity contribution is -0.117. The van der Waals surface area contributed by atoms with Gasteiger partial charge in [0.05, 0.1) is 0 Å². The lowest BCUT2D eigenvalue weighted by Crippen LogP contribution is -2.36. The Balaban J connectivity index is 2.76. The van der Waals surface area contributed by atoms with Crippen molar-refractivity contribution in [3.63, 3.8) is 0 Å². The molecule has 1 aliphatic carbocycles. The van der Waals surface area contributed by atoms with E-state index in [-0.39, 0.29) is 12.8 Å². The van der Waals surface area contributed by atoms with Gasteiger partial charge in [-0.2, -0.15) is 0 Å². The Morgan fingerprint density at radius 1 is 1.55 bits per heavy atom. The molecule has 4 nitrogen and oxygen atoms in total. The van der Waals surface area contributed by atoms with Crippen molar-refractivity contribution >= 4 is 15.9 Å². The maximum atomic E-state index is 12.8. The van der Waals surface area contributed by atoms with E-state index in [1.165, 1.54) is 0 Å². The van der Waals surface area contributed by atoms with E-state index < -0.39 is 20.9 Å². The van der Waals surface area contributed by atoms with Gasteiger partial charge >= 0.3 is 0 Å². The fraction of sp³-hybridized carbons (Fsp3) is 0.800. The van der Waals surface area contributed by atoms with Crippen LogP contribution in [-0.2, 0) is 14.8 Å². The summed E-state index contributed by atoms with van der Waals surface area (Å²) >= 11 is 0. The molecule has 0 bridgehead atoms. The van der Waals surface area contributed by atoms with Gasteiger partial charge in [0, 0.05) is 19.8 Å².